The van der Waals surface area contributed by atoms with Crippen molar-refractivity contribution in [3.63, 3.8) is 0 Å². The molecule has 0 atom stereocenters. The molecular weight excluding hydrogens is 1290 g/mol. The lowest BCUT2D eigenvalue weighted by molar-refractivity contribution is -0.633. The molecule has 0 saturated carbocycles. The fourth-order valence-electron chi connectivity index (χ4n) is 14.4. The molecule has 16 aromatic rings. The van der Waals surface area contributed by atoms with Gasteiger partial charge in [-0.15, -0.1) is 0 Å². The van der Waals surface area contributed by atoms with Crippen molar-refractivity contribution in [2.75, 3.05) is 0 Å². The Bertz CT molecular complexity index is 5540. The molecule has 12 heteroatoms. The summed E-state index contributed by atoms with van der Waals surface area (Å²) in [6, 6.07) is 67.5. The molecule has 0 saturated heterocycles. The van der Waals surface area contributed by atoms with E-state index in [0.29, 0.717) is 5.82 Å². The molecule has 16 rings (SSSR count). The Labute approximate surface area is 616 Å². The summed E-state index contributed by atoms with van der Waals surface area (Å²) in [5, 5.41) is 4.85. The van der Waals surface area contributed by atoms with Crippen molar-refractivity contribution >= 4 is 43.6 Å². The first-order valence-electron chi connectivity index (χ1n) is 35.7. The Morgan fingerprint density at radius 2 is 0.581 bits per heavy atom. The minimum absolute atomic E-state index is 0.690. The number of hydrogen-bond donors (Lipinski definition) is 0. The fourth-order valence-corrected chi connectivity index (χ4v) is 14.4. The minimum Gasteiger partial charge on any atom is -0.261 e. The molecule has 0 spiro atoms. The molecule has 12 nitrogen and oxygen atoms in total. The second-order valence-electron chi connectivity index (χ2n) is 28.1. The highest BCUT2D eigenvalue weighted by Gasteiger charge is 2.24. The maximum atomic E-state index is 4.59. The Morgan fingerprint density at radius 3 is 0.924 bits per heavy atom. The SMILES string of the molecule is Cc1cc(C)c(C)c(-c2ccc3ccc(-c4cnccn4)cc3[n+]2C)c1.Cc1cc(C)c(C)c(-c2ccc3ccc(-c4ncccn4)cc3[n+]2C)c1.Cc1cc(C)c(C)c(-c2ccc3ccc(-c4ncncn4)cc3[n+]2C)c1.Cc1ccc(-c2ccc3ccc(-c4cc(C)cc(C)c4C)[n+](C)c3c2)nc1. The number of aromatic nitrogens is 12. The van der Waals surface area contributed by atoms with Gasteiger partial charge in [0.25, 0.3) is 0 Å². The van der Waals surface area contributed by atoms with Crippen LogP contribution >= 0.6 is 0 Å². The van der Waals surface area contributed by atoms with Crippen LogP contribution in [0.5, 0.6) is 0 Å². The van der Waals surface area contributed by atoms with E-state index < -0.39 is 0 Å². The van der Waals surface area contributed by atoms with Crippen LogP contribution in [0.15, 0.2) is 238 Å². The van der Waals surface area contributed by atoms with E-state index in [-0.39, 0.29) is 0 Å². The van der Waals surface area contributed by atoms with E-state index in [0.717, 1.165) is 45.0 Å². The molecule has 518 valence electrons. The van der Waals surface area contributed by atoms with Crippen LogP contribution in [0.4, 0.5) is 0 Å². The van der Waals surface area contributed by atoms with Gasteiger partial charge in [0, 0.05) is 146 Å². The highest BCUT2D eigenvalue weighted by atomic mass is 15.0. The van der Waals surface area contributed by atoms with Crippen molar-refractivity contribution in [1.82, 2.24) is 39.9 Å². The van der Waals surface area contributed by atoms with Gasteiger partial charge >= 0.3 is 0 Å². The average molecular weight is 1380 g/mol. The highest BCUT2D eigenvalue weighted by molar-refractivity contribution is 5.86. The van der Waals surface area contributed by atoms with Gasteiger partial charge in [0.15, 0.2) is 11.6 Å². The summed E-state index contributed by atoms with van der Waals surface area (Å²) in [5.41, 5.74) is 37.8. The summed E-state index contributed by atoms with van der Waals surface area (Å²) in [6.07, 6.45) is 13.8. The molecule has 105 heavy (non-hydrogen) atoms. The van der Waals surface area contributed by atoms with Gasteiger partial charge in [-0.25, -0.2) is 24.9 Å². The van der Waals surface area contributed by atoms with Crippen LogP contribution in [0.25, 0.3) is 134 Å². The molecule has 0 aliphatic carbocycles. The first kappa shape index (κ1) is 71.1. The molecule has 0 N–H and O–H groups in total. The van der Waals surface area contributed by atoms with Gasteiger partial charge in [-0.3, -0.25) is 15.0 Å². The predicted molar refractivity (Wildman–Crippen MR) is 428 cm³/mol. The van der Waals surface area contributed by atoms with E-state index >= 15 is 0 Å². The lowest BCUT2D eigenvalue weighted by Gasteiger charge is -2.11. The molecule has 0 fully saturated rings. The Hall–Kier alpha value is -12.3. The molecule has 8 aromatic heterocycles. The number of aryl methyl sites for hydroxylation is 13. The molecule has 0 amide bonds. The van der Waals surface area contributed by atoms with Crippen LogP contribution in [-0.2, 0) is 28.2 Å². The normalized spacial score (nSPS) is 11.1. The van der Waals surface area contributed by atoms with Crippen LogP contribution < -0.4 is 18.3 Å². The van der Waals surface area contributed by atoms with Crippen LogP contribution in [0.1, 0.15) is 72.3 Å². The van der Waals surface area contributed by atoms with E-state index in [2.05, 4.69) is 358 Å². The van der Waals surface area contributed by atoms with E-state index in [9.17, 15) is 0 Å². The van der Waals surface area contributed by atoms with Gasteiger partial charge in [0.2, 0.25) is 44.8 Å². The van der Waals surface area contributed by atoms with Gasteiger partial charge in [0.05, 0.1) is 17.6 Å². The molecule has 8 heterocycles. The predicted octanol–water partition coefficient (Wildman–Crippen LogP) is 19.2. The fraction of sp³-hybridized carbons (Fsp3) is 0.183. The van der Waals surface area contributed by atoms with E-state index in [1.165, 1.54) is 168 Å². The molecule has 0 radical (unpaired) electrons. The summed E-state index contributed by atoms with van der Waals surface area (Å²) in [6.45, 7) is 28.2. The van der Waals surface area contributed by atoms with Crippen LogP contribution in [0, 0.1) is 90.0 Å². The highest BCUT2D eigenvalue weighted by Crippen LogP contribution is 2.34. The Balaban J connectivity index is 0.000000124. The van der Waals surface area contributed by atoms with Crippen LogP contribution in [0.2, 0.25) is 0 Å². The largest absolute Gasteiger partial charge is 0.261 e. The van der Waals surface area contributed by atoms with Gasteiger partial charge in [0.1, 0.15) is 40.8 Å². The number of pyridine rings is 5. The number of benzene rings is 8. The van der Waals surface area contributed by atoms with Gasteiger partial charge < -0.3 is 0 Å². The second kappa shape index (κ2) is 30.3. The second-order valence-corrected chi connectivity index (χ2v) is 28.1. The average Bonchev–Trinajstić information content (AvgIpc) is 0.789. The third-order valence-corrected chi connectivity index (χ3v) is 20.7. The van der Waals surface area contributed by atoms with Crippen molar-refractivity contribution in [1.29, 1.82) is 0 Å². The van der Waals surface area contributed by atoms with Crippen molar-refractivity contribution in [3.8, 4) is 90.3 Å². The van der Waals surface area contributed by atoms with Crippen molar-refractivity contribution < 1.29 is 18.3 Å². The zero-order valence-electron chi connectivity index (χ0n) is 63.4. The minimum atomic E-state index is 0.690. The first-order valence-corrected chi connectivity index (χ1v) is 35.7. The molecular formula is C93H90N12+4. The summed E-state index contributed by atoms with van der Waals surface area (Å²) < 4.78 is 9.09. The molecule has 0 aliphatic rings. The Kier molecular flexibility index (Phi) is 20.6. The summed E-state index contributed by atoms with van der Waals surface area (Å²) in [7, 11) is 8.53. The number of fused-ring (bicyclic) bond motifs is 4. The van der Waals surface area contributed by atoms with Crippen LogP contribution in [0.3, 0.4) is 0 Å². The number of hydrogen-bond acceptors (Lipinski definition) is 8. The standard InChI is InChI=1S/C25H25N2.2C23H22N3.C22H21N4/c1-16-6-10-23(26-15-16)21-8-7-20-9-11-24(27(5)25(20)14-21)22-13-17(2)12-18(3)19(22)4;1-15-12-16(2)17(3)20(13-15)21-9-8-18-6-7-19(14-22(18)26(21)4)23-24-10-5-11-25-23;1-15-11-16(2)17(3)20(12-15)22-8-7-18-5-6-19(13-23(18)26(22)4)21-14-24-9-10-25-21;1-14-9-15(2)16(3)19(10-14)20-8-7-17-5-6-18(11-21(17)26(20)4)22-24-12-23-13-25-22/h6-15H,1-5H3;2*5-14H,1-4H3;5-13H,1-4H3/q4*+1. The van der Waals surface area contributed by atoms with Gasteiger partial charge in [-0.05, 0) is 225 Å². The smallest absolute Gasteiger partial charge is 0.213 e. The van der Waals surface area contributed by atoms with Crippen LogP contribution in [-0.4, -0.2) is 39.9 Å². The van der Waals surface area contributed by atoms with E-state index in [1.807, 2.05) is 12.3 Å². The van der Waals surface area contributed by atoms with E-state index in [1.54, 1.807) is 31.0 Å². The molecule has 0 bridgehead atoms. The number of rotatable bonds is 8. The summed E-state index contributed by atoms with van der Waals surface area (Å²) >= 11 is 0. The lowest BCUT2D eigenvalue weighted by Crippen LogP contribution is -2.32. The summed E-state index contributed by atoms with van der Waals surface area (Å²) in [5.74, 6) is 1.44. The lowest BCUT2D eigenvalue weighted by atomic mass is 9.96. The molecule has 0 aliphatic heterocycles. The molecule has 8 aromatic carbocycles. The zero-order chi connectivity index (χ0) is 73.9. The maximum Gasteiger partial charge on any atom is 0.213 e. The van der Waals surface area contributed by atoms with Crippen molar-refractivity contribution in [2.45, 2.75) is 90.0 Å². The van der Waals surface area contributed by atoms with E-state index in [4.69, 9.17) is 0 Å². The quantitative estimate of drug-likeness (QED) is 0.138. The van der Waals surface area contributed by atoms with Gasteiger partial charge in [-0.2, -0.15) is 18.3 Å². The van der Waals surface area contributed by atoms with Crippen molar-refractivity contribution in [3.05, 3.63) is 310 Å². The zero-order valence-corrected chi connectivity index (χ0v) is 63.4. The van der Waals surface area contributed by atoms with Gasteiger partial charge in [-0.1, -0.05) is 76.9 Å². The first-order chi connectivity index (χ1) is 50.6. The van der Waals surface area contributed by atoms with Crippen molar-refractivity contribution in [2.24, 2.45) is 28.2 Å². The molecule has 0 unspecified atom stereocenters. The summed E-state index contributed by atoms with van der Waals surface area (Å²) in [4.78, 5) is 34.4. The third kappa shape index (κ3) is 15.0. The third-order valence-electron chi connectivity index (χ3n) is 20.7. The maximum absolute atomic E-state index is 4.59. The monoisotopic (exact) mass is 1370 g/mol. The topological polar surface area (TPSA) is 119 Å². The number of nitrogens with zero attached hydrogens (tertiary/aromatic N) is 12. The Morgan fingerprint density at radius 1 is 0.248 bits per heavy atom.